The molecular formula is C13H12N2O3. The van der Waals surface area contributed by atoms with Gasteiger partial charge in [-0.25, -0.2) is 0 Å². The van der Waals surface area contributed by atoms with Crippen molar-refractivity contribution in [3.8, 4) is 11.8 Å². The number of amides is 1. The molecule has 0 fully saturated rings. The van der Waals surface area contributed by atoms with Crippen molar-refractivity contribution in [3.05, 3.63) is 41.3 Å². The number of hydrogen-bond acceptors (Lipinski definition) is 4. The zero-order chi connectivity index (χ0) is 13.0. The molecule has 1 heterocycles. The summed E-state index contributed by atoms with van der Waals surface area (Å²) in [5.74, 6) is 0.536. The molecule has 18 heavy (non-hydrogen) atoms. The monoisotopic (exact) mass is 244 g/mol. The molecule has 1 aromatic carbocycles. The van der Waals surface area contributed by atoms with E-state index in [1.807, 2.05) is 6.07 Å². The van der Waals surface area contributed by atoms with Crippen LogP contribution in [0.5, 0.6) is 5.75 Å². The van der Waals surface area contributed by atoms with E-state index < -0.39 is 0 Å². The minimum absolute atomic E-state index is 0.255. The van der Waals surface area contributed by atoms with E-state index in [2.05, 4.69) is 5.32 Å². The van der Waals surface area contributed by atoms with Gasteiger partial charge in [0.25, 0.3) is 5.91 Å². The number of ether oxygens (including phenoxy) is 2. The summed E-state index contributed by atoms with van der Waals surface area (Å²) in [4.78, 5) is 11.9. The number of rotatable bonds is 3. The summed E-state index contributed by atoms with van der Waals surface area (Å²) in [7, 11) is 1.54. The number of nitrogens with zero attached hydrogens (tertiary/aromatic N) is 1. The van der Waals surface area contributed by atoms with Crippen LogP contribution in [-0.4, -0.2) is 19.6 Å². The normalized spacial score (nSPS) is 13.8. The van der Waals surface area contributed by atoms with Gasteiger partial charge in [-0.2, -0.15) is 5.26 Å². The molecule has 5 heteroatoms. The molecule has 0 bridgehead atoms. The molecule has 0 atom stereocenters. The Labute approximate surface area is 105 Å². The van der Waals surface area contributed by atoms with Crippen LogP contribution in [0.2, 0.25) is 0 Å². The summed E-state index contributed by atoms with van der Waals surface area (Å²) in [5, 5.41) is 11.4. The number of methoxy groups -OCH3 is 1. The molecule has 92 valence electrons. The number of benzene rings is 1. The molecule has 2 rings (SSSR count). The van der Waals surface area contributed by atoms with Crippen LogP contribution in [0.25, 0.3) is 0 Å². The summed E-state index contributed by atoms with van der Waals surface area (Å²) >= 11 is 0. The third-order valence-electron chi connectivity index (χ3n) is 2.57. The molecule has 1 amide bonds. The highest BCUT2D eigenvalue weighted by molar-refractivity contribution is 5.95. The van der Waals surface area contributed by atoms with Crippen LogP contribution in [0, 0.1) is 11.3 Å². The van der Waals surface area contributed by atoms with E-state index >= 15 is 0 Å². The number of nitrogens with one attached hydrogen (secondary N) is 1. The Balaban J connectivity index is 2.15. The van der Waals surface area contributed by atoms with Crippen molar-refractivity contribution in [1.29, 1.82) is 5.26 Å². The van der Waals surface area contributed by atoms with Crippen molar-refractivity contribution in [1.82, 2.24) is 5.32 Å². The van der Waals surface area contributed by atoms with Crippen LogP contribution in [0.4, 0.5) is 0 Å². The fourth-order valence-electron chi connectivity index (χ4n) is 1.61. The second kappa shape index (κ2) is 5.23. The molecule has 0 aliphatic carbocycles. The minimum atomic E-state index is -0.321. The van der Waals surface area contributed by atoms with E-state index in [9.17, 15) is 4.79 Å². The Kier molecular flexibility index (Phi) is 3.49. The summed E-state index contributed by atoms with van der Waals surface area (Å²) in [6.45, 7) is 0.427. The van der Waals surface area contributed by atoms with Crippen molar-refractivity contribution >= 4 is 5.91 Å². The van der Waals surface area contributed by atoms with Crippen molar-refractivity contribution in [2.45, 2.75) is 6.42 Å². The van der Waals surface area contributed by atoms with Gasteiger partial charge in [-0.1, -0.05) is 6.07 Å². The quantitative estimate of drug-likeness (QED) is 0.876. The van der Waals surface area contributed by atoms with Gasteiger partial charge in [0.05, 0.1) is 19.3 Å². The van der Waals surface area contributed by atoms with E-state index in [-0.39, 0.29) is 11.8 Å². The molecular weight excluding hydrogens is 232 g/mol. The lowest BCUT2D eigenvalue weighted by atomic mass is 10.2. The SMILES string of the molecule is COc1cccc(C(=O)NC2=C(C#N)CCO2)c1. The molecule has 0 radical (unpaired) electrons. The molecule has 1 aliphatic rings. The first kappa shape index (κ1) is 12.0. The molecule has 0 spiro atoms. The highest BCUT2D eigenvalue weighted by atomic mass is 16.5. The number of carbonyl (C=O) groups is 1. The summed E-state index contributed by atoms with van der Waals surface area (Å²) in [5.41, 5.74) is 0.917. The van der Waals surface area contributed by atoms with Crippen LogP contribution < -0.4 is 10.1 Å². The largest absolute Gasteiger partial charge is 0.497 e. The maximum atomic E-state index is 11.9. The van der Waals surface area contributed by atoms with E-state index in [1.165, 1.54) is 7.11 Å². The third-order valence-corrected chi connectivity index (χ3v) is 2.57. The van der Waals surface area contributed by atoms with Crippen molar-refractivity contribution in [2.75, 3.05) is 13.7 Å². The Morgan fingerprint density at radius 3 is 3.11 bits per heavy atom. The zero-order valence-electron chi connectivity index (χ0n) is 9.90. The van der Waals surface area contributed by atoms with Crippen LogP contribution in [0.3, 0.4) is 0 Å². The second-order valence-electron chi connectivity index (χ2n) is 3.70. The second-order valence-corrected chi connectivity index (χ2v) is 3.70. The first-order valence-corrected chi connectivity index (χ1v) is 5.46. The van der Waals surface area contributed by atoms with E-state index in [0.717, 1.165) is 0 Å². The van der Waals surface area contributed by atoms with Crippen molar-refractivity contribution in [2.24, 2.45) is 0 Å². The van der Waals surface area contributed by atoms with Crippen LogP contribution in [0.1, 0.15) is 16.8 Å². The molecule has 1 aliphatic heterocycles. The van der Waals surface area contributed by atoms with E-state index in [1.54, 1.807) is 24.3 Å². The smallest absolute Gasteiger partial charge is 0.258 e. The Bertz CT molecular complexity index is 543. The lowest BCUT2D eigenvalue weighted by Gasteiger charge is -2.07. The summed E-state index contributed by atoms with van der Waals surface area (Å²) < 4.78 is 10.2. The molecule has 0 saturated heterocycles. The predicted molar refractivity (Wildman–Crippen MR) is 63.7 cm³/mol. The molecule has 0 unspecified atom stereocenters. The number of nitriles is 1. The summed E-state index contributed by atoms with van der Waals surface area (Å²) in [6.07, 6.45) is 0.532. The van der Waals surface area contributed by atoms with Crippen LogP contribution in [0.15, 0.2) is 35.7 Å². The maximum Gasteiger partial charge on any atom is 0.258 e. The molecule has 1 aromatic rings. The maximum absolute atomic E-state index is 11.9. The highest BCUT2D eigenvalue weighted by Crippen LogP contribution is 2.17. The number of hydrogen-bond donors (Lipinski definition) is 1. The van der Waals surface area contributed by atoms with Gasteiger partial charge in [0.15, 0.2) is 0 Å². The predicted octanol–water partition coefficient (Wildman–Crippen LogP) is 1.58. The Morgan fingerprint density at radius 1 is 1.56 bits per heavy atom. The lowest BCUT2D eigenvalue weighted by molar-refractivity contribution is 0.0930. The zero-order valence-corrected chi connectivity index (χ0v) is 9.90. The van der Waals surface area contributed by atoms with Crippen molar-refractivity contribution in [3.63, 3.8) is 0 Å². The minimum Gasteiger partial charge on any atom is -0.497 e. The lowest BCUT2D eigenvalue weighted by Crippen LogP contribution is -2.23. The van der Waals surface area contributed by atoms with Gasteiger partial charge >= 0.3 is 0 Å². The fourth-order valence-corrected chi connectivity index (χ4v) is 1.61. The van der Waals surface area contributed by atoms with E-state index in [4.69, 9.17) is 14.7 Å². The van der Waals surface area contributed by atoms with Gasteiger partial charge in [-0.3, -0.25) is 10.1 Å². The van der Waals surface area contributed by atoms with Gasteiger partial charge in [0.1, 0.15) is 11.8 Å². The fraction of sp³-hybridized carbons (Fsp3) is 0.231. The molecule has 5 nitrogen and oxygen atoms in total. The molecule has 0 saturated carbocycles. The average molecular weight is 244 g/mol. The summed E-state index contributed by atoms with van der Waals surface area (Å²) in [6, 6.07) is 8.77. The third kappa shape index (κ3) is 2.43. The molecule has 1 N–H and O–H groups in total. The first-order valence-electron chi connectivity index (χ1n) is 5.46. The van der Waals surface area contributed by atoms with Gasteiger partial charge in [0.2, 0.25) is 5.88 Å². The Hall–Kier alpha value is -2.48. The highest BCUT2D eigenvalue weighted by Gasteiger charge is 2.18. The van der Waals surface area contributed by atoms with Gasteiger partial charge in [0, 0.05) is 12.0 Å². The van der Waals surface area contributed by atoms with Crippen molar-refractivity contribution < 1.29 is 14.3 Å². The standard InChI is InChI=1S/C13H12N2O3/c1-17-11-4-2-3-9(7-11)12(16)15-13-10(8-14)5-6-18-13/h2-4,7H,5-6H2,1H3,(H,15,16). The van der Waals surface area contributed by atoms with Crippen LogP contribution in [-0.2, 0) is 4.74 Å². The van der Waals surface area contributed by atoms with E-state index in [0.29, 0.717) is 29.9 Å². The molecule has 0 aromatic heterocycles. The van der Waals surface area contributed by atoms with Crippen LogP contribution >= 0.6 is 0 Å². The van der Waals surface area contributed by atoms with Gasteiger partial charge in [-0.05, 0) is 18.2 Å². The average Bonchev–Trinajstić information content (AvgIpc) is 2.86. The van der Waals surface area contributed by atoms with Gasteiger partial charge in [-0.15, -0.1) is 0 Å². The Morgan fingerprint density at radius 2 is 2.39 bits per heavy atom. The first-order chi connectivity index (χ1) is 8.74. The van der Waals surface area contributed by atoms with Gasteiger partial charge < -0.3 is 9.47 Å². The number of carbonyl (C=O) groups excluding carboxylic acids is 1. The topological polar surface area (TPSA) is 71.3 Å².